The van der Waals surface area contributed by atoms with Crippen molar-refractivity contribution in [1.29, 1.82) is 0 Å². The zero-order valence-electron chi connectivity index (χ0n) is 17.2. The molecule has 1 unspecified atom stereocenters. The van der Waals surface area contributed by atoms with Gasteiger partial charge >= 0.3 is 12.0 Å². The minimum atomic E-state index is -0.313. The molecule has 4 heterocycles. The molecule has 0 saturated carbocycles. The molecule has 0 bridgehead atoms. The number of fused-ring (bicyclic) bond motifs is 2. The van der Waals surface area contributed by atoms with E-state index in [9.17, 15) is 9.59 Å². The van der Waals surface area contributed by atoms with Gasteiger partial charge in [-0.1, -0.05) is 12.1 Å². The number of urea groups is 1. The Morgan fingerprint density at radius 1 is 1.26 bits per heavy atom. The van der Waals surface area contributed by atoms with E-state index in [0.717, 1.165) is 16.8 Å². The van der Waals surface area contributed by atoms with Crippen molar-refractivity contribution in [2.45, 2.75) is 25.9 Å². The van der Waals surface area contributed by atoms with Crippen LogP contribution < -0.4 is 15.5 Å². The van der Waals surface area contributed by atoms with Crippen LogP contribution in [0.15, 0.2) is 34.9 Å². The topological polar surface area (TPSA) is 115 Å². The lowest BCUT2D eigenvalue weighted by molar-refractivity contribution is 0.0480. The van der Waals surface area contributed by atoms with Crippen molar-refractivity contribution in [2.75, 3.05) is 30.4 Å². The van der Waals surface area contributed by atoms with E-state index in [4.69, 9.17) is 9.15 Å². The molecule has 2 N–H and O–H groups in total. The van der Waals surface area contributed by atoms with Crippen molar-refractivity contribution < 1.29 is 18.7 Å². The van der Waals surface area contributed by atoms with E-state index in [-0.39, 0.29) is 18.0 Å². The summed E-state index contributed by atoms with van der Waals surface area (Å²) in [5.41, 5.74) is 3.32. The number of ether oxygens (including phenoxy) is 1. The number of aromatic nitrogens is 3. The van der Waals surface area contributed by atoms with Crippen LogP contribution in [0.3, 0.4) is 0 Å². The first-order chi connectivity index (χ1) is 15.0. The Kier molecular flexibility index (Phi) is 4.61. The van der Waals surface area contributed by atoms with Gasteiger partial charge in [-0.2, -0.15) is 5.10 Å². The first kappa shape index (κ1) is 19.2. The smallest absolute Gasteiger partial charge is 0.338 e. The maximum Gasteiger partial charge on any atom is 0.338 e. The van der Waals surface area contributed by atoms with Crippen LogP contribution in [0.4, 0.5) is 16.6 Å². The van der Waals surface area contributed by atoms with Crippen molar-refractivity contribution in [3.63, 3.8) is 0 Å². The normalized spacial score (nSPS) is 17.5. The number of amides is 2. The Morgan fingerprint density at radius 2 is 2.10 bits per heavy atom. The van der Waals surface area contributed by atoms with Crippen LogP contribution in [-0.4, -0.2) is 47.0 Å². The number of carbonyl (C=O) groups excluding carboxylic acids is 2. The molecule has 2 amide bonds. The van der Waals surface area contributed by atoms with Gasteiger partial charge in [0.25, 0.3) is 6.01 Å². The summed E-state index contributed by atoms with van der Waals surface area (Å²) in [6.45, 7) is 3.71. The number of rotatable bonds is 3. The van der Waals surface area contributed by atoms with E-state index < -0.39 is 0 Å². The first-order valence-electron chi connectivity index (χ1n) is 10.1. The Hall–Kier alpha value is -3.82. The van der Waals surface area contributed by atoms with Crippen LogP contribution >= 0.6 is 0 Å². The highest BCUT2D eigenvalue weighted by atomic mass is 16.5. The van der Waals surface area contributed by atoms with Gasteiger partial charge in [-0.3, -0.25) is 10.00 Å². The van der Waals surface area contributed by atoms with Gasteiger partial charge in [0, 0.05) is 31.6 Å². The molecule has 2 aliphatic heterocycles. The third-order valence-electron chi connectivity index (χ3n) is 5.71. The number of cyclic esters (lactones) is 1. The van der Waals surface area contributed by atoms with Crippen LogP contribution in [0.2, 0.25) is 0 Å². The van der Waals surface area contributed by atoms with Crippen molar-refractivity contribution in [1.82, 2.24) is 20.1 Å². The maximum absolute atomic E-state index is 12.1. The van der Waals surface area contributed by atoms with Gasteiger partial charge < -0.3 is 19.4 Å². The van der Waals surface area contributed by atoms with Gasteiger partial charge in [0.1, 0.15) is 0 Å². The number of benzene rings is 1. The average Bonchev–Trinajstić information content (AvgIpc) is 3.41. The van der Waals surface area contributed by atoms with Gasteiger partial charge in [0.2, 0.25) is 0 Å². The van der Waals surface area contributed by atoms with Gasteiger partial charge in [-0.05, 0) is 18.6 Å². The summed E-state index contributed by atoms with van der Waals surface area (Å²) in [6.07, 6.45) is 2.34. The fourth-order valence-corrected chi connectivity index (χ4v) is 4.13. The summed E-state index contributed by atoms with van der Waals surface area (Å²) < 4.78 is 13.2. The van der Waals surface area contributed by atoms with E-state index in [1.54, 1.807) is 19.3 Å². The molecule has 5 rings (SSSR count). The van der Waals surface area contributed by atoms with E-state index in [1.165, 1.54) is 0 Å². The molecule has 0 spiro atoms. The largest absolute Gasteiger partial charge is 0.462 e. The molecule has 0 saturated heterocycles. The molecule has 10 heteroatoms. The number of anilines is 2. The second-order valence-electron chi connectivity index (χ2n) is 7.48. The molecule has 0 aliphatic carbocycles. The van der Waals surface area contributed by atoms with Crippen molar-refractivity contribution in [3.05, 3.63) is 47.3 Å². The zero-order valence-corrected chi connectivity index (χ0v) is 17.2. The van der Waals surface area contributed by atoms with E-state index in [2.05, 4.69) is 25.6 Å². The molecule has 0 fully saturated rings. The molecule has 2 aliphatic rings. The molecule has 0 radical (unpaired) electrons. The average molecular weight is 422 g/mol. The minimum absolute atomic E-state index is 0.0485. The van der Waals surface area contributed by atoms with Gasteiger partial charge in [-0.15, -0.1) is 0 Å². The maximum atomic E-state index is 12.1. The number of oxazole rings is 1. The van der Waals surface area contributed by atoms with Crippen molar-refractivity contribution in [2.24, 2.45) is 0 Å². The molecule has 2 aromatic heterocycles. The van der Waals surface area contributed by atoms with Gasteiger partial charge in [-0.25, -0.2) is 14.6 Å². The highest BCUT2D eigenvalue weighted by Crippen LogP contribution is 2.35. The second-order valence-corrected chi connectivity index (χ2v) is 7.48. The third-order valence-corrected chi connectivity index (χ3v) is 5.71. The Labute approximate surface area is 178 Å². The van der Waals surface area contributed by atoms with E-state index >= 15 is 0 Å². The number of hydrogen-bond donors (Lipinski definition) is 2. The SMILES string of the molecule is CNC(=O)Nc1cc2n(n1)CCN(c1ncc(-c3cccc4c3CCOC4=O)o1)C2C. The highest BCUT2D eigenvalue weighted by molar-refractivity contribution is 5.94. The first-order valence-corrected chi connectivity index (χ1v) is 10.1. The highest BCUT2D eigenvalue weighted by Gasteiger charge is 2.30. The second kappa shape index (κ2) is 7.46. The number of hydrogen-bond acceptors (Lipinski definition) is 7. The molecule has 31 heavy (non-hydrogen) atoms. The number of nitrogens with one attached hydrogen (secondary N) is 2. The van der Waals surface area contributed by atoms with Crippen LogP contribution in [0, 0.1) is 0 Å². The van der Waals surface area contributed by atoms with Crippen LogP contribution in [0.1, 0.15) is 34.6 Å². The minimum Gasteiger partial charge on any atom is -0.462 e. The number of carbonyl (C=O) groups is 2. The molecular weight excluding hydrogens is 400 g/mol. The van der Waals surface area contributed by atoms with E-state index in [1.807, 2.05) is 29.8 Å². The quantitative estimate of drug-likeness (QED) is 0.624. The molecule has 10 nitrogen and oxygen atoms in total. The predicted octanol–water partition coefficient (Wildman–Crippen LogP) is 2.58. The van der Waals surface area contributed by atoms with Crippen molar-refractivity contribution in [3.8, 4) is 11.3 Å². The van der Waals surface area contributed by atoms with Crippen molar-refractivity contribution >= 4 is 23.8 Å². The van der Waals surface area contributed by atoms with Crippen LogP contribution in [-0.2, 0) is 17.7 Å². The lowest BCUT2D eigenvalue weighted by Gasteiger charge is -2.32. The summed E-state index contributed by atoms with van der Waals surface area (Å²) in [4.78, 5) is 30.2. The molecule has 160 valence electrons. The predicted molar refractivity (Wildman–Crippen MR) is 112 cm³/mol. The lowest BCUT2D eigenvalue weighted by Crippen LogP contribution is -2.37. The lowest BCUT2D eigenvalue weighted by atomic mass is 9.96. The molecule has 3 aromatic rings. The standard InChI is InChI=1S/C21H22N6O4/c1-12-16-10-18(24-20(29)22-2)25-27(16)8-7-26(12)21-23-11-17(31-21)14-4-3-5-15-13(14)6-9-30-19(15)28/h3-5,10-12H,6-9H2,1-2H3,(H2,22,24,25,29). The van der Waals surface area contributed by atoms with Crippen LogP contribution in [0.25, 0.3) is 11.3 Å². The zero-order chi connectivity index (χ0) is 21.5. The summed E-state index contributed by atoms with van der Waals surface area (Å²) in [5, 5.41) is 9.67. The Balaban J connectivity index is 1.42. The van der Waals surface area contributed by atoms with Gasteiger partial charge in [0.15, 0.2) is 11.6 Å². The molecular formula is C21H22N6O4. The summed E-state index contributed by atoms with van der Waals surface area (Å²) in [6, 6.07) is 7.54. The molecule has 1 aromatic carbocycles. The van der Waals surface area contributed by atoms with Crippen LogP contribution in [0.5, 0.6) is 0 Å². The summed E-state index contributed by atoms with van der Waals surface area (Å²) >= 11 is 0. The Bertz CT molecular complexity index is 1170. The molecule has 1 atom stereocenters. The number of esters is 1. The fourth-order valence-electron chi connectivity index (χ4n) is 4.13. The monoisotopic (exact) mass is 422 g/mol. The fraction of sp³-hybridized carbons (Fsp3) is 0.333. The Morgan fingerprint density at radius 3 is 2.94 bits per heavy atom. The summed E-state index contributed by atoms with van der Waals surface area (Å²) in [5.74, 6) is 0.815. The third kappa shape index (κ3) is 3.29. The summed E-state index contributed by atoms with van der Waals surface area (Å²) in [7, 11) is 1.56. The van der Waals surface area contributed by atoms with Gasteiger partial charge in [0.05, 0.1) is 36.6 Å². The number of nitrogens with zero attached hydrogens (tertiary/aromatic N) is 4. The van der Waals surface area contributed by atoms with E-state index in [0.29, 0.717) is 49.3 Å².